The van der Waals surface area contributed by atoms with Crippen LogP contribution in [0, 0.1) is 5.82 Å². The van der Waals surface area contributed by atoms with Crippen molar-refractivity contribution in [1.29, 1.82) is 0 Å². The Balaban J connectivity index is 1.88. The minimum absolute atomic E-state index is 0.00275. The Morgan fingerprint density at radius 3 is 2.50 bits per heavy atom. The molecule has 0 aliphatic heterocycles. The van der Waals surface area contributed by atoms with Gasteiger partial charge in [-0.3, -0.25) is 4.79 Å². The molecular weight excluding hydrogens is 304 g/mol. The summed E-state index contributed by atoms with van der Waals surface area (Å²) >= 11 is 11.3. The fourth-order valence-corrected chi connectivity index (χ4v) is 1.69. The number of halogens is 3. The lowest BCUT2D eigenvalue weighted by Gasteiger charge is -2.08. The molecule has 0 aliphatic rings. The molecule has 0 aromatic heterocycles. The molecule has 0 heterocycles. The zero-order valence-corrected chi connectivity index (χ0v) is 11.7. The molecule has 2 rings (SSSR count). The number of carbonyl (C=O) groups is 1. The van der Waals surface area contributed by atoms with Crippen LogP contribution in [-0.4, -0.2) is 12.5 Å². The van der Waals surface area contributed by atoms with Gasteiger partial charge in [-0.1, -0.05) is 23.2 Å². The SMILES string of the molecule is O=C(COc1ccc(Cl)c(F)c1)Nc1ccc(Cl)cc1. The summed E-state index contributed by atoms with van der Waals surface area (Å²) in [5.41, 5.74) is 0.602. The van der Waals surface area contributed by atoms with E-state index in [-0.39, 0.29) is 23.3 Å². The zero-order valence-electron chi connectivity index (χ0n) is 10.2. The first-order chi connectivity index (χ1) is 9.54. The van der Waals surface area contributed by atoms with E-state index < -0.39 is 5.82 Å². The molecule has 0 fully saturated rings. The molecule has 20 heavy (non-hydrogen) atoms. The lowest BCUT2D eigenvalue weighted by atomic mass is 10.3. The number of amides is 1. The van der Waals surface area contributed by atoms with E-state index in [0.717, 1.165) is 6.07 Å². The molecule has 0 spiro atoms. The Morgan fingerprint density at radius 2 is 1.85 bits per heavy atom. The second-order valence-electron chi connectivity index (χ2n) is 3.92. The molecule has 0 aliphatic carbocycles. The van der Waals surface area contributed by atoms with E-state index in [4.69, 9.17) is 27.9 Å². The van der Waals surface area contributed by atoms with Crippen LogP contribution in [0.1, 0.15) is 0 Å². The molecule has 0 unspecified atom stereocenters. The van der Waals surface area contributed by atoms with Gasteiger partial charge in [0.1, 0.15) is 11.6 Å². The Hall–Kier alpha value is -1.78. The number of hydrogen-bond acceptors (Lipinski definition) is 2. The topological polar surface area (TPSA) is 38.3 Å². The Labute approximate surface area is 125 Å². The lowest BCUT2D eigenvalue weighted by Crippen LogP contribution is -2.20. The number of carbonyl (C=O) groups excluding carboxylic acids is 1. The average molecular weight is 314 g/mol. The number of hydrogen-bond donors (Lipinski definition) is 1. The highest BCUT2D eigenvalue weighted by Gasteiger charge is 2.06. The van der Waals surface area contributed by atoms with Crippen LogP contribution >= 0.6 is 23.2 Å². The van der Waals surface area contributed by atoms with Gasteiger partial charge < -0.3 is 10.1 Å². The molecule has 0 saturated heterocycles. The molecule has 2 aromatic carbocycles. The van der Waals surface area contributed by atoms with Crippen molar-refractivity contribution < 1.29 is 13.9 Å². The van der Waals surface area contributed by atoms with E-state index in [1.807, 2.05) is 0 Å². The van der Waals surface area contributed by atoms with Gasteiger partial charge in [-0.15, -0.1) is 0 Å². The van der Waals surface area contributed by atoms with Gasteiger partial charge in [0, 0.05) is 16.8 Å². The fourth-order valence-electron chi connectivity index (χ4n) is 1.45. The molecule has 104 valence electrons. The summed E-state index contributed by atoms with van der Waals surface area (Å²) in [6.45, 7) is -0.232. The highest BCUT2D eigenvalue weighted by molar-refractivity contribution is 6.31. The number of ether oxygens (including phenoxy) is 1. The first kappa shape index (κ1) is 14.6. The second-order valence-corrected chi connectivity index (χ2v) is 4.76. The van der Waals surface area contributed by atoms with Crippen LogP contribution in [0.4, 0.5) is 10.1 Å². The minimum atomic E-state index is -0.595. The van der Waals surface area contributed by atoms with Crippen molar-refractivity contribution in [2.75, 3.05) is 11.9 Å². The van der Waals surface area contributed by atoms with Crippen LogP contribution in [0.5, 0.6) is 5.75 Å². The van der Waals surface area contributed by atoms with Crippen LogP contribution < -0.4 is 10.1 Å². The van der Waals surface area contributed by atoms with E-state index in [2.05, 4.69) is 5.32 Å². The first-order valence-corrected chi connectivity index (χ1v) is 6.43. The highest BCUT2D eigenvalue weighted by atomic mass is 35.5. The van der Waals surface area contributed by atoms with Crippen LogP contribution in [0.25, 0.3) is 0 Å². The standard InChI is InChI=1S/C14H10Cl2FNO2/c15-9-1-3-10(4-2-9)18-14(19)8-20-11-5-6-12(16)13(17)7-11/h1-7H,8H2,(H,18,19). The van der Waals surface area contributed by atoms with E-state index >= 15 is 0 Å². The van der Waals surface area contributed by atoms with Crippen LogP contribution in [0.15, 0.2) is 42.5 Å². The molecule has 6 heteroatoms. The molecule has 1 N–H and O–H groups in total. The molecule has 3 nitrogen and oxygen atoms in total. The van der Waals surface area contributed by atoms with Crippen molar-refractivity contribution in [3.8, 4) is 5.75 Å². The maximum absolute atomic E-state index is 13.2. The Bertz CT molecular complexity index is 617. The van der Waals surface area contributed by atoms with E-state index in [1.54, 1.807) is 24.3 Å². The van der Waals surface area contributed by atoms with E-state index in [9.17, 15) is 9.18 Å². The summed E-state index contributed by atoms with van der Waals surface area (Å²) in [6, 6.07) is 10.6. The van der Waals surface area contributed by atoms with Crippen molar-refractivity contribution in [3.63, 3.8) is 0 Å². The summed E-state index contributed by atoms with van der Waals surface area (Å²) < 4.78 is 18.3. The number of nitrogens with one attached hydrogen (secondary N) is 1. The normalized spacial score (nSPS) is 10.2. The van der Waals surface area contributed by atoms with Crippen LogP contribution in [-0.2, 0) is 4.79 Å². The summed E-state index contributed by atoms with van der Waals surface area (Å²) in [5, 5.41) is 3.21. The molecular formula is C14H10Cl2FNO2. The molecule has 0 radical (unpaired) electrons. The molecule has 1 amide bonds. The smallest absolute Gasteiger partial charge is 0.262 e. The first-order valence-electron chi connectivity index (χ1n) is 5.68. The molecule has 0 atom stereocenters. The van der Waals surface area contributed by atoms with Gasteiger partial charge in [0.05, 0.1) is 5.02 Å². The molecule has 0 saturated carbocycles. The lowest BCUT2D eigenvalue weighted by molar-refractivity contribution is -0.118. The van der Waals surface area contributed by atoms with Crippen molar-refractivity contribution in [1.82, 2.24) is 0 Å². The van der Waals surface area contributed by atoms with E-state index in [1.165, 1.54) is 12.1 Å². The maximum atomic E-state index is 13.2. The third-order valence-electron chi connectivity index (χ3n) is 2.39. The predicted molar refractivity (Wildman–Crippen MR) is 77.0 cm³/mol. The van der Waals surface area contributed by atoms with E-state index in [0.29, 0.717) is 10.7 Å². The Morgan fingerprint density at radius 1 is 1.15 bits per heavy atom. The second kappa shape index (κ2) is 6.59. The highest BCUT2D eigenvalue weighted by Crippen LogP contribution is 2.20. The third kappa shape index (κ3) is 4.11. The van der Waals surface area contributed by atoms with Gasteiger partial charge in [0.25, 0.3) is 5.91 Å². The third-order valence-corrected chi connectivity index (χ3v) is 2.95. The predicted octanol–water partition coefficient (Wildman–Crippen LogP) is 4.15. The quantitative estimate of drug-likeness (QED) is 0.920. The van der Waals surface area contributed by atoms with Crippen molar-refractivity contribution in [2.45, 2.75) is 0 Å². The van der Waals surface area contributed by atoms with Gasteiger partial charge in [-0.25, -0.2) is 4.39 Å². The number of anilines is 1. The van der Waals surface area contributed by atoms with Crippen molar-refractivity contribution in [2.24, 2.45) is 0 Å². The van der Waals surface area contributed by atoms with Crippen molar-refractivity contribution >= 4 is 34.8 Å². The van der Waals surface area contributed by atoms with Gasteiger partial charge >= 0.3 is 0 Å². The van der Waals surface area contributed by atoms with Crippen molar-refractivity contribution in [3.05, 3.63) is 58.3 Å². The summed E-state index contributed by atoms with van der Waals surface area (Å²) in [4.78, 5) is 11.6. The Kier molecular flexibility index (Phi) is 4.82. The minimum Gasteiger partial charge on any atom is -0.484 e. The van der Waals surface area contributed by atoms with Gasteiger partial charge in [-0.2, -0.15) is 0 Å². The van der Waals surface area contributed by atoms with Gasteiger partial charge in [0.15, 0.2) is 6.61 Å². The van der Waals surface area contributed by atoms with Crippen LogP contribution in [0.2, 0.25) is 10.0 Å². The molecule has 0 bridgehead atoms. The fraction of sp³-hybridized carbons (Fsp3) is 0.0714. The average Bonchev–Trinajstić information content (AvgIpc) is 2.43. The monoisotopic (exact) mass is 313 g/mol. The van der Waals surface area contributed by atoms with Gasteiger partial charge in [0.2, 0.25) is 0 Å². The van der Waals surface area contributed by atoms with Crippen LogP contribution in [0.3, 0.4) is 0 Å². The number of rotatable bonds is 4. The summed E-state index contributed by atoms with van der Waals surface area (Å²) in [7, 11) is 0. The largest absolute Gasteiger partial charge is 0.484 e. The molecule has 2 aromatic rings. The summed E-state index contributed by atoms with van der Waals surface area (Å²) in [5.74, 6) is -0.719. The van der Waals surface area contributed by atoms with Gasteiger partial charge in [-0.05, 0) is 36.4 Å². The number of benzene rings is 2. The summed E-state index contributed by atoms with van der Waals surface area (Å²) in [6.07, 6.45) is 0. The maximum Gasteiger partial charge on any atom is 0.262 e. The zero-order chi connectivity index (χ0) is 14.5.